The van der Waals surface area contributed by atoms with Crippen LogP contribution in [-0.2, 0) is 23.2 Å². The summed E-state index contributed by atoms with van der Waals surface area (Å²) in [7, 11) is -4.02. The van der Waals surface area contributed by atoms with Crippen LogP contribution in [0.4, 0.5) is 22.7 Å². The summed E-state index contributed by atoms with van der Waals surface area (Å²) in [4.78, 5) is 50.8. The number of rotatable bonds is 11. The number of amides is 4. The molecule has 0 aliphatic heterocycles. The molecule has 2 aromatic heterocycles. The van der Waals surface area contributed by atoms with Gasteiger partial charge in [0.25, 0.3) is 33.7 Å². The van der Waals surface area contributed by atoms with Crippen molar-refractivity contribution in [2.24, 2.45) is 0 Å². The summed E-state index contributed by atoms with van der Waals surface area (Å²) < 4.78 is 33.5. The van der Waals surface area contributed by atoms with Gasteiger partial charge >= 0.3 is 0 Å². The van der Waals surface area contributed by atoms with Gasteiger partial charge in [0.1, 0.15) is 24.5 Å². The molecule has 4 amide bonds. The molecule has 0 atom stereocenters. The van der Waals surface area contributed by atoms with Crippen molar-refractivity contribution in [3.63, 3.8) is 0 Å². The molecule has 0 unspecified atom stereocenters. The Labute approximate surface area is 330 Å². The Morgan fingerprint density at radius 3 is 1.12 bits per heavy atom. The lowest BCUT2D eigenvalue weighted by Gasteiger charge is -2.09. The SMILES string of the molecule is CC[n+]1cccc(NC(=O)c2ccc(NC(=O)c3ccc(C(=O)Nc4ccc(C(=O)Nc5ccc[n+](CC)c5)cc4)cc3)cc2)c1.Cc1ccc(S(=O)(=O)O)cc1. The molecule has 14 heteroatoms. The fraction of sp³-hybridized carbons (Fsp3) is 0.116. The maximum Gasteiger partial charge on any atom is 0.294 e. The van der Waals surface area contributed by atoms with E-state index in [9.17, 15) is 27.6 Å². The van der Waals surface area contributed by atoms with Gasteiger partial charge in [-0.2, -0.15) is 8.42 Å². The quantitative estimate of drug-likeness (QED) is 0.0730. The first kappa shape index (κ1) is 41.1. The Bertz CT molecular complexity index is 2340. The molecule has 0 aliphatic carbocycles. The van der Waals surface area contributed by atoms with E-state index in [0.29, 0.717) is 45.0 Å². The predicted molar refractivity (Wildman–Crippen MR) is 217 cm³/mol. The number of hydrogen-bond acceptors (Lipinski definition) is 6. The number of nitrogens with one attached hydrogen (secondary N) is 4. The maximum atomic E-state index is 12.8. The van der Waals surface area contributed by atoms with Crippen molar-refractivity contribution in [3.05, 3.63) is 174 Å². The van der Waals surface area contributed by atoms with Crippen LogP contribution in [0.1, 0.15) is 60.8 Å². The molecular weight excluding hydrogens is 745 g/mol. The third kappa shape index (κ3) is 12.0. The summed E-state index contributed by atoms with van der Waals surface area (Å²) in [5.74, 6) is -1.22. The molecule has 4 aromatic carbocycles. The first-order chi connectivity index (χ1) is 27.3. The van der Waals surface area contributed by atoms with Gasteiger partial charge in [-0.15, -0.1) is 0 Å². The molecule has 6 rings (SSSR count). The molecule has 290 valence electrons. The van der Waals surface area contributed by atoms with Crippen LogP contribution in [0.3, 0.4) is 0 Å². The van der Waals surface area contributed by atoms with E-state index in [-0.39, 0.29) is 28.5 Å². The molecule has 2 heterocycles. The van der Waals surface area contributed by atoms with Crippen molar-refractivity contribution < 1.29 is 41.3 Å². The van der Waals surface area contributed by atoms with Gasteiger partial charge in [0.2, 0.25) is 0 Å². The van der Waals surface area contributed by atoms with E-state index in [1.165, 1.54) is 12.1 Å². The van der Waals surface area contributed by atoms with Gasteiger partial charge in [-0.3, -0.25) is 23.7 Å². The number of pyridine rings is 2. The first-order valence-corrected chi connectivity index (χ1v) is 19.3. The predicted octanol–water partition coefficient (Wildman–Crippen LogP) is 6.55. The number of carbonyl (C=O) groups is 4. The lowest BCUT2D eigenvalue weighted by atomic mass is 10.1. The summed E-state index contributed by atoms with van der Waals surface area (Å²) in [5.41, 5.74) is 5.03. The Morgan fingerprint density at radius 1 is 0.491 bits per heavy atom. The van der Waals surface area contributed by atoms with Crippen LogP contribution in [0.15, 0.2) is 151 Å². The summed E-state index contributed by atoms with van der Waals surface area (Å²) in [6, 6.07) is 32.8. The average molecular weight is 787 g/mol. The van der Waals surface area contributed by atoms with E-state index in [2.05, 4.69) is 21.3 Å². The van der Waals surface area contributed by atoms with Crippen molar-refractivity contribution >= 4 is 56.5 Å². The van der Waals surface area contributed by atoms with E-state index in [1.807, 2.05) is 79.0 Å². The van der Waals surface area contributed by atoms with Crippen molar-refractivity contribution in [3.8, 4) is 0 Å². The Kier molecular flexibility index (Phi) is 13.7. The summed E-state index contributed by atoms with van der Waals surface area (Å²) in [5, 5.41) is 11.3. The molecule has 13 nitrogen and oxygen atoms in total. The smallest absolute Gasteiger partial charge is 0.294 e. The minimum absolute atomic E-state index is 0.0666. The van der Waals surface area contributed by atoms with Crippen molar-refractivity contribution in [2.75, 3.05) is 21.3 Å². The number of benzene rings is 4. The fourth-order valence-corrected chi connectivity index (χ4v) is 5.77. The van der Waals surface area contributed by atoms with E-state index in [1.54, 1.807) is 84.9 Å². The summed E-state index contributed by atoms with van der Waals surface area (Å²) in [6.45, 7) is 7.46. The molecule has 0 saturated heterocycles. The molecule has 0 saturated carbocycles. The maximum absolute atomic E-state index is 12.8. The lowest BCUT2D eigenvalue weighted by molar-refractivity contribution is -0.693. The van der Waals surface area contributed by atoms with E-state index in [0.717, 1.165) is 18.7 Å². The highest BCUT2D eigenvalue weighted by Gasteiger charge is 2.14. The molecule has 0 spiro atoms. The summed E-state index contributed by atoms with van der Waals surface area (Å²) >= 11 is 0. The van der Waals surface area contributed by atoms with Crippen molar-refractivity contribution in [1.82, 2.24) is 0 Å². The molecule has 6 aromatic rings. The highest BCUT2D eigenvalue weighted by atomic mass is 32.2. The van der Waals surface area contributed by atoms with Gasteiger partial charge in [-0.05, 0) is 118 Å². The topological polar surface area (TPSA) is 179 Å². The average Bonchev–Trinajstić information content (AvgIpc) is 3.21. The van der Waals surface area contributed by atoms with Crippen molar-refractivity contribution in [1.29, 1.82) is 0 Å². The molecular formula is C43H42N6O7S+2. The van der Waals surface area contributed by atoms with Crippen LogP contribution in [0.2, 0.25) is 0 Å². The van der Waals surface area contributed by atoms with Gasteiger partial charge in [-0.25, -0.2) is 9.13 Å². The molecule has 0 bridgehead atoms. The molecule has 5 N–H and O–H groups in total. The van der Waals surface area contributed by atoms with E-state index < -0.39 is 10.1 Å². The van der Waals surface area contributed by atoms with Crippen LogP contribution in [0, 0.1) is 6.92 Å². The number of aromatic nitrogens is 2. The largest absolute Gasteiger partial charge is 0.322 e. The zero-order chi connectivity index (χ0) is 41.0. The zero-order valence-electron chi connectivity index (χ0n) is 31.5. The summed E-state index contributed by atoms with van der Waals surface area (Å²) in [6.07, 6.45) is 7.56. The third-order valence-corrected chi connectivity index (χ3v) is 9.37. The lowest BCUT2D eigenvalue weighted by Crippen LogP contribution is -2.31. The minimum atomic E-state index is -4.02. The van der Waals surface area contributed by atoms with Gasteiger partial charge in [0.05, 0.1) is 4.90 Å². The monoisotopic (exact) mass is 786 g/mol. The van der Waals surface area contributed by atoms with Crippen LogP contribution in [-0.4, -0.2) is 36.6 Å². The first-order valence-electron chi connectivity index (χ1n) is 17.9. The van der Waals surface area contributed by atoms with E-state index >= 15 is 0 Å². The molecule has 57 heavy (non-hydrogen) atoms. The highest BCUT2D eigenvalue weighted by Crippen LogP contribution is 2.17. The van der Waals surface area contributed by atoms with Crippen molar-refractivity contribution in [2.45, 2.75) is 38.8 Å². The second kappa shape index (κ2) is 19.0. The molecule has 0 aliphatic rings. The standard InChI is InChI=1S/C36H32N6O4.C7H8O3S/c1-3-41-21-5-7-31(23-41)39-35(45)27-13-17-29(18-14-27)37-33(43)25-9-11-26(12-10-25)34(44)38-30-19-15-28(16-20-30)36(46)40-32-8-6-22-42(4-2)24-32;1-6-2-4-7(5-3-6)11(8,9)10/h5-24H,3-4H2,1-2H3,(H2-2,37,38,39,40,43,44,45,46);2-5H,1H3,(H,8,9,10)/p+2. The normalized spacial score (nSPS) is 10.7. The fourth-order valence-electron chi connectivity index (χ4n) is 5.29. The number of carbonyl (C=O) groups excluding carboxylic acids is 4. The second-order valence-electron chi connectivity index (χ2n) is 12.7. The van der Waals surface area contributed by atoms with Crippen LogP contribution in [0.5, 0.6) is 0 Å². The van der Waals surface area contributed by atoms with Gasteiger partial charge in [0.15, 0.2) is 24.8 Å². The van der Waals surface area contributed by atoms with Crippen LogP contribution < -0.4 is 30.4 Å². The zero-order valence-corrected chi connectivity index (χ0v) is 32.3. The Hall–Kier alpha value is -7.03. The van der Waals surface area contributed by atoms with E-state index in [4.69, 9.17) is 4.55 Å². The number of hydrogen-bond donors (Lipinski definition) is 5. The Morgan fingerprint density at radius 2 is 0.807 bits per heavy atom. The number of anilines is 4. The molecule has 0 fully saturated rings. The minimum Gasteiger partial charge on any atom is -0.322 e. The van der Waals surface area contributed by atoms with Gasteiger partial charge in [0, 0.05) is 45.8 Å². The Balaban J connectivity index is 0.000000486. The second-order valence-corrected chi connectivity index (χ2v) is 14.1. The third-order valence-electron chi connectivity index (χ3n) is 8.50. The number of aryl methyl sites for hydroxylation is 3. The number of nitrogens with zero attached hydrogens (tertiary/aromatic N) is 2. The van der Waals surface area contributed by atoms with Gasteiger partial charge < -0.3 is 21.3 Å². The van der Waals surface area contributed by atoms with Gasteiger partial charge in [-0.1, -0.05) is 17.7 Å². The van der Waals surface area contributed by atoms with Crippen LogP contribution >= 0.6 is 0 Å². The van der Waals surface area contributed by atoms with Crippen LogP contribution in [0.25, 0.3) is 0 Å². The molecule has 0 radical (unpaired) electrons. The highest BCUT2D eigenvalue weighted by molar-refractivity contribution is 7.85.